The van der Waals surface area contributed by atoms with Gasteiger partial charge in [0.15, 0.2) is 0 Å². The van der Waals surface area contributed by atoms with Gasteiger partial charge < -0.3 is 4.74 Å². The van der Waals surface area contributed by atoms with Gasteiger partial charge in [-0.3, -0.25) is 0 Å². The maximum absolute atomic E-state index is 13.0. The second-order valence-corrected chi connectivity index (χ2v) is 4.24. The minimum absolute atomic E-state index is 0.0890. The van der Waals surface area contributed by atoms with Crippen LogP contribution in [0.2, 0.25) is 0 Å². The van der Waals surface area contributed by atoms with Crippen molar-refractivity contribution in [1.29, 1.82) is 5.26 Å². The van der Waals surface area contributed by atoms with Crippen LogP contribution in [0.4, 0.5) is 22.0 Å². The number of hydrogen-bond acceptors (Lipinski definition) is 2. The molecule has 0 saturated carbocycles. The second kappa shape index (κ2) is 6.02. The first-order chi connectivity index (χ1) is 10.3. The van der Waals surface area contributed by atoms with E-state index >= 15 is 0 Å². The summed E-state index contributed by atoms with van der Waals surface area (Å²) in [6.07, 6.45) is -4.57. The molecule has 2 aromatic carbocycles. The molecular formula is C15H8F5NO. The summed E-state index contributed by atoms with van der Waals surface area (Å²) in [6.45, 7) is -3.12. The standard InChI is InChI=1S/C15H8F5NO/c16-14(17)22-13-6-5-9(7-10(13)8-21)11-3-1-2-4-12(11)15(18,19)20/h1-7,14H. The number of hydrogen-bond donors (Lipinski definition) is 0. The largest absolute Gasteiger partial charge is 0.433 e. The Hall–Kier alpha value is -2.62. The van der Waals surface area contributed by atoms with Crippen LogP contribution in [0.25, 0.3) is 11.1 Å². The molecule has 0 spiro atoms. The predicted molar refractivity (Wildman–Crippen MR) is 68.2 cm³/mol. The molecule has 7 heteroatoms. The van der Waals surface area contributed by atoms with Crippen LogP contribution in [-0.2, 0) is 6.18 Å². The van der Waals surface area contributed by atoms with E-state index in [2.05, 4.69) is 4.74 Å². The predicted octanol–water partition coefficient (Wildman–Crippen LogP) is 4.85. The van der Waals surface area contributed by atoms with E-state index in [0.717, 1.165) is 18.2 Å². The summed E-state index contributed by atoms with van der Waals surface area (Å²) < 4.78 is 67.5. The fraction of sp³-hybridized carbons (Fsp3) is 0.133. The molecule has 2 nitrogen and oxygen atoms in total. The van der Waals surface area contributed by atoms with E-state index in [9.17, 15) is 22.0 Å². The van der Waals surface area contributed by atoms with Crippen molar-refractivity contribution in [2.75, 3.05) is 0 Å². The van der Waals surface area contributed by atoms with Crippen molar-refractivity contribution in [2.45, 2.75) is 12.8 Å². The second-order valence-electron chi connectivity index (χ2n) is 4.24. The van der Waals surface area contributed by atoms with Crippen molar-refractivity contribution in [3.8, 4) is 22.9 Å². The van der Waals surface area contributed by atoms with Gasteiger partial charge in [-0.1, -0.05) is 24.3 Å². The number of nitrogens with zero attached hydrogens (tertiary/aromatic N) is 1. The molecule has 0 aliphatic carbocycles. The third kappa shape index (κ3) is 3.34. The Balaban J connectivity index is 2.54. The van der Waals surface area contributed by atoms with Crippen molar-refractivity contribution in [3.63, 3.8) is 0 Å². The molecule has 0 N–H and O–H groups in total. The van der Waals surface area contributed by atoms with E-state index in [1.54, 1.807) is 6.07 Å². The Kier molecular flexibility index (Phi) is 4.31. The lowest BCUT2D eigenvalue weighted by atomic mass is 9.97. The van der Waals surface area contributed by atoms with Crippen LogP contribution in [0.5, 0.6) is 5.75 Å². The van der Waals surface area contributed by atoms with Gasteiger partial charge in [0, 0.05) is 0 Å². The average molecular weight is 313 g/mol. The zero-order chi connectivity index (χ0) is 16.3. The minimum Gasteiger partial charge on any atom is -0.433 e. The number of nitriles is 1. The van der Waals surface area contributed by atoms with Crippen molar-refractivity contribution in [1.82, 2.24) is 0 Å². The molecule has 2 rings (SSSR count). The van der Waals surface area contributed by atoms with Crippen LogP contribution in [0.3, 0.4) is 0 Å². The maximum atomic E-state index is 13.0. The van der Waals surface area contributed by atoms with Crippen molar-refractivity contribution >= 4 is 0 Å². The molecule has 0 bridgehead atoms. The van der Waals surface area contributed by atoms with E-state index in [1.807, 2.05) is 0 Å². The highest BCUT2D eigenvalue weighted by Gasteiger charge is 2.33. The van der Waals surface area contributed by atoms with Gasteiger partial charge in [0.2, 0.25) is 0 Å². The number of benzene rings is 2. The summed E-state index contributed by atoms with van der Waals surface area (Å²) in [5.41, 5.74) is -1.20. The monoisotopic (exact) mass is 313 g/mol. The molecule has 0 amide bonds. The number of rotatable bonds is 3. The highest BCUT2D eigenvalue weighted by Crippen LogP contribution is 2.38. The fourth-order valence-corrected chi connectivity index (χ4v) is 1.97. The molecule has 2 aromatic rings. The molecule has 0 saturated heterocycles. The molecular weight excluding hydrogens is 305 g/mol. The molecule has 0 atom stereocenters. The topological polar surface area (TPSA) is 33.0 Å². The van der Waals surface area contributed by atoms with Crippen LogP contribution >= 0.6 is 0 Å². The summed E-state index contributed by atoms with van der Waals surface area (Å²) in [5.74, 6) is -0.384. The first-order valence-corrected chi connectivity index (χ1v) is 5.98. The van der Waals surface area contributed by atoms with Gasteiger partial charge in [-0.2, -0.15) is 27.2 Å². The van der Waals surface area contributed by atoms with E-state index in [1.165, 1.54) is 24.3 Å². The third-order valence-electron chi connectivity index (χ3n) is 2.86. The van der Waals surface area contributed by atoms with Gasteiger partial charge in [-0.15, -0.1) is 0 Å². The van der Waals surface area contributed by atoms with E-state index < -0.39 is 18.4 Å². The molecule has 0 aliphatic rings. The molecule has 0 aliphatic heterocycles. The van der Waals surface area contributed by atoms with Crippen LogP contribution in [-0.4, -0.2) is 6.61 Å². The van der Waals surface area contributed by atoms with E-state index in [-0.39, 0.29) is 22.4 Å². The highest BCUT2D eigenvalue weighted by molar-refractivity contribution is 5.71. The highest BCUT2D eigenvalue weighted by atomic mass is 19.4. The van der Waals surface area contributed by atoms with Crippen LogP contribution in [0.1, 0.15) is 11.1 Å². The summed E-state index contributed by atoms with van der Waals surface area (Å²) >= 11 is 0. The Labute approximate surface area is 122 Å². The van der Waals surface area contributed by atoms with Gasteiger partial charge in [0.1, 0.15) is 11.8 Å². The lowest BCUT2D eigenvalue weighted by Crippen LogP contribution is -2.07. The zero-order valence-corrected chi connectivity index (χ0v) is 10.9. The maximum Gasteiger partial charge on any atom is 0.417 e. The number of alkyl halides is 5. The van der Waals surface area contributed by atoms with Crippen molar-refractivity contribution in [3.05, 3.63) is 53.6 Å². The van der Waals surface area contributed by atoms with Gasteiger partial charge >= 0.3 is 12.8 Å². The Bertz CT molecular complexity index is 719. The third-order valence-corrected chi connectivity index (χ3v) is 2.86. The summed E-state index contributed by atoms with van der Waals surface area (Å²) in [7, 11) is 0. The van der Waals surface area contributed by atoms with Crippen molar-refractivity contribution < 1.29 is 26.7 Å². The first kappa shape index (κ1) is 15.8. The average Bonchev–Trinajstić information content (AvgIpc) is 2.46. The molecule has 0 aromatic heterocycles. The summed E-state index contributed by atoms with van der Waals surface area (Å²) in [5, 5.41) is 8.93. The summed E-state index contributed by atoms with van der Waals surface area (Å²) in [4.78, 5) is 0. The zero-order valence-electron chi connectivity index (χ0n) is 10.9. The van der Waals surface area contributed by atoms with Crippen LogP contribution in [0, 0.1) is 11.3 Å². The molecule has 0 unspecified atom stereocenters. The first-order valence-electron chi connectivity index (χ1n) is 5.98. The van der Waals surface area contributed by atoms with E-state index in [4.69, 9.17) is 5.26 Å². The Morgan fingerprint density at radius 3 is 2.32 bits per heavy atom. The molecule has 22 heavy (non-hydrogen) atoms. The SMILES string of the molecule is N#Cc1cc(-c2ccccc2C(F)(F)F)ccc1OC(F)F. The normalized spacial score (nSPS) is 11.3. The smallest absolute Gasteiger partial charge is 0.417 e. The lowest BCUT2D eigenvalue weighted by Gasteiger charge is -2.14. The quantitative estimate of drug-likeness (QED) is 0.759. The molecule has 0 radical (unpaired) electrons. The lowest BCUT2D eigenvalue weighted by molar-refractivity contribution is -0.137. The van der Waals surface area contributed by atoms with Gasteiger partial charge in [-0.25, -0.2) is 0 Å². The van der Waals surface area contributed by atoms with Crippen LogP contribution < -0.4 is 4.74 Å². The van der Waals surface area contributed by atoms with Gasteiger partial charge in [0.25, 0.3) is 0 Å². The minimum atomic E-state index is -4.57. The van der Waals surface area contributed by atoms with Gasteiger partial charge in [0.05, 0.1) is 11.1 Å². The molecule has 0 heterocycles. The van der Waals surface area contributed by atoms with Gasteiger partial charge in [-0.05, 0) is 29.3 Å². The fourth-order valence-electron chi connectivity index (χ4n) is 1.97. The number of halogens is 5. The van der Waals surface area contributed by atoms with Crippen LogP contribution in [0.15, 0.2) is 42.5 Å². The number of ether oxygens (including phenoxy) is 1. The summed E-state index contributed by atoms with van der Waals surface area (Å²) in [6, 6.07) is 9.77. The van der Waals surface area contributed by atoms with Crippen molar-refractivity contribution in [2.24, 2.45) is 0 Å². The Morgan fingerprint density at radius 1 is 1.05 bits per heavy atom. The molecule has 114 valence electrons. The van der Waals surface area contributed by atoms with E-state index in [0.29, 0.717) is 0 Å². The Morgan fingerprint density at radius 2 is 1.73 bits per heavy atom. The molecule has 0 fully saturated rings.